The molecule has 6 rings (SSSR count). The molecule has 1 saturated heterocycles. The van der Waals surface area contributed by atoms with Gasteiger partial charge < -0.3 is 44.2 Å². The van der Waals surface area contributed by atoms with Gasteiger partial charge in [0.2, 0.25) is 12.7 Å². The van der Waals surface area contributed by atoms with E-state index in [9.17, 15) is 9.59 Å². The van der Waals surface area contributed by atoms with Gasteiger partial charge in [-0.25, -0.2) is 14.8 Å². The Bertz CT molecular complexity index is 1900. The van der Waals surface area contributed by atoms with Gasteiger partial charge in [-0.3, -0.25) is 19.2 Å². The van der Waals surface area contributed by atoms with E-state index < -0.39 is 0 Å². The molecular formula is C39H43IN8O3. The summed E-state index contributed by atoms with van der Waals surface area (Å²) in [6, 6.07) is 29.0. The molecule has 0 bridgehead atoms. The van der Waals surface area contributed by atoms with Gasteiger partial charge in [-0.1, -0.05) is 48.5 Å². The molecule has 3 aromatic carbocycles. The Morgan fingerprint density at radius 1 is 0.922 bits per heavy atom. The summed E-state index contributed by atoms with van der Waals surface area (Å²) in [5, 5.41) is 6.31. The van der Waals surface area contributed by atoms with Crippen LogP contribution in [0.25, 0.3) is 11.3 Å². The number of anilines is 3. The molecule has 12 heteroatoms. The molecule has 1 aliphatic rings. The van der Waals surface area contributed by atoms with E-state index in [2.05, 4.69) is 37.5 Å². The number of ether oxygens (including phenoxy) is 1. The molecule has 2 aromatic heterocycles. The fourth-order valence-corrected chi connectivity index (χ4v) is 5.79. The smallest absolute Gasteiger partial charge is 0.414 e. The highest BCUT2D eigenvalue weighted by molar-refractivity contribution is 6.04. The number of carbonyl (C=O) groups is 2. The van der Waals surface area contributed by atoms with Crippen LogP contribution in [-0.2, 0) is 17.8 Å². The summed E-state index contributed by atoms with van der Waals surface area (Å²) >= 11 is 0. The van der Waals surface area contributed by atoms with Gasteiger partial charge in [-0.05, 0) is 66.1 Å². The third-order valence-corrected chi connectivity index (χ3v) is 8.96. The number of pyridine rings is 1. The highest BCUT2D eigenvalue weighted by Gasteiger charge is 2.30. The number of quaternary nitrogens is 1. The second-order valence-electron chi connectivity index (χ2n) is 13.0. The molecule has 0 spiro atoms. The second-order valence-corrected chi connectivity index (χ2v) is 13.0. The minimum absolute atomic E-state index is 0. The van der Waals surface area contributed by atoms with Gasteiger partial charge in [0.1, 0.15) is 0 Å². The van der Waals surface area contributed by atoms with Gasteiger partial charge in [-0.15, -0.1) is 0 Å². The van der Waals surface area contributed by atoms with Crippen LogP contribution in [0, 0.1) is 6.92 Å². The monoisotopic (exact) mass is 798 g/mol. The minimum atomic E-state index is -0.309. The lowest BCUT2D eigenvalue weighted by molar-refractivity contribution is -0.929. The molecule has 51 heavy (non-hydrogen) atoms. The van der Waals surface area contributed by atoms with E-state index in [4.69, 9.17) is 4.74 Å². The van der Waals surface area contributed by atoms with Crippen LogP contribution in [0.4, 0.5) is 22.1 Å². The fourth-order valence-electron chi connectivity index (χ4n) is 5.79. The van der Waals surface area contributed by atoms with Gasteiger partial charge in [0.05, 0.1) is 25.8 Å². The average Bonchev–Trinajstić information content (AvgIpc) is 3.14. The van der Waals surface area contributed by atoms with Crippen molar-refractivity contribution >= 4 is 29.3 Å². The molecule has 0 unspecified atom stereocenters. The molecule has 2 amide bonds. The topological polar surface area (TPSA) is 113 Å². The lowest BCUT2D eigenvalue weighted by Crippen LogP contribution is -3.00. The van der Waals surface area contributed by atoms with Crippen molar-refractivity contribution in [3.63, 3.8) is 0 Å². The number of aryl methyl sites for hydroxylation is 1. The summed E-state index contributed by atoms with van der Waals surface area (Å²) in [6.07, 6.45) is 4.89. The number of hydrogen-bond acceptors (Lipinski definition) is 8. The van der Waals surface area contributed by atoms with Crippen molar-refractivity contribution in [3.05, 3.63) is 132 Å². The zero-order valence-corrected chi connectivity index (χ0v) is 31.3. The molecule has 0 aliphatic carbocycles. The Balaban J connectivity index is 0.00000504. The number of aromatic nitrogens is 3. The van der Waals surface area contributed by atoms with Crippen LogP contribution in [0.3, 0.4) is 0 Å². The zero-order chi connectivity index (χ0) is 34.9. The number of likely N-dealkylation sites (N-methyl/N-ethyl adjacent to an activating group) is 1. The van der Waals surface area contributed by atoms with Crippen LogP contribution in [0.5, 0.6) is 0 Å². The molecule has 1 aliphatic heterocycles. The highest BCUT2D eigenvalue weighted by Crippen LogP contribution is 2.25. The van der Waals surface area contributed by atoms with E-state index in [1.165, 1.54) is 0 Å². The van der Waals surface area contributed by atoms with Crippen LogP contribution in [0.2, 0.25) is 0 Å². The third-order valence-electron chi connectivity index (χ3n) is 8.96. The van der Waals surface area contributed by atoms with E-state index in [1.807, 2.05) is 97.9 Å². The predicted molar refractivity (Wildman–Crippen MR) is 195 cm³/mol. The van der Waals surface area contributed by atoms with Crippen LogP contribution in [0.1, 0.15) is 27.0 Å². The number of nitrogens with one attached hydrogen (secondary N) is 2. The van der Waals surface area contributed by atoms with E-state index in [1.54, 1.807) is 30.5 Å². The average molecular weight is 799 g/mol. The van der Waals surface area contributed by atoms with Gasteiger partial charge >= 0.3 is 6.09 Å². The molecule has 264 valence electrons. The maximum Gasteiger partial charge on any atom is 0.414 e. The molecule has 0 atom stereocenters. The Morgan fingerprint density at radius 2 is 1.69 bits per heavy atom. The maximum absolute atomic E-state index is 13.2. The molecule has 0 saturated carbocycles. The van der Waals surface area contributed by atoms with Crippen molar-refractivity contribution in [1.82, 2.24) is 24.8 Å². The van der Waals surface area contributed by atoms with E-state index in [0.717, 1.165) is 66.4 Å². The van der Waals surface area contributed by atoms with Gasteiger partial charge in [-0.2, -0.15) is 0 Å². The molecule has 3 heterocycles. The normalized spacial score (nSPS) is 13.8. The van der Waals surface area contributed by atoms with Crippen molar-refractivity contribution in [3.8, 4) is 11.3 Å². The van der Waals surface area contributed by atoms with Gasteiger partial charge in [0.15, 0.2) is 0 Å². The van der Waals surface area contributed by atoms with Crippen molar-refractivity contribution in [1.29, 1.82) is 0 Å². The standard InChI is InChI=1S/C39H42N8O3.HI/c1-29-11-16-34(24-36(29)44-38-41-19-17-35(43-38)33-10-7-18-40-25-33)42-37(48)32-14-12-31(13-15-32)27-46-20-22-47(3,23-21-46)28-50-39(49)45(2)26-30-8-5-4-6-9-30;/h4-19,24-25H,20-23,26-28H2,1-3H3,(H-,41,42,43,44,48);1H. The molecular weight excluding hydrogens is 755 g/mol. The first-order chi connectivity index (χ1) is 24.2. The summed E-state index contributed by atoms with van der Waals surface area (Å²) in [5.41, 5.74) is 6.91. The molecule has 2 N–H and O–H groups in total. The summed E-state index contributed by atoms with van der Waals surface area (Å²) in [4.78, 5) is 43.0. The lowest BCUT2D eigenvalue weighted by Gasteiger charge is -2.41. The first-order valence-electron chi connectivity index (χ1n) is 16.7. The number of hydrogen-bond donors (Lipinski definition) is 2. The number of carbonyl (C=O) groups excluding carboxylic acids is 2. The number of rotatable bonds is 11. The fraction of sp³-hybridized carbons (Fsp3) is 0.256. The largest absolute Gasteiger partial charge is 1.00 e. The Labute approximate surface area is 316 Å². The Morgan fingerprint density at radius 3 is 2.41 bits per heavy atom. The van der Waals surface area contributed by atoms with Crippen LogP contribution < -0.4 is 34.6 Å². The van der Waals surface area contributed by atoms with Crippen molar-refractivity contribution in [2.45, 2.75) is 20.0 Å². The second kappa shape index (κ2) is 17.3. The quantitative estimate of drug-likeness (QED) is 0.155. The van der Waals surface area contributed by atoms with Crippen molar-refractivity contribution < 1.29 is 42.8 Å². The third kappa shape index (κ3) is 10.3. The summed E-state index contributed by atoms with van der Waals surface area (Å²) in [7, 11) is 3.90. The first-order valence-corrected chi connectivity index (χ1v) is 16.7. The number of benzene rings is 3. The van der Waals surface area contributed by atoms with E-state index >= 15 is 0 Å². The number of piperazine rings is 1. The van der Waals surface area contributed by atoms with Crippen LogP contribution in [-0.4, -0.2) is 88.2 Å². The van der Waals surface area contributed by atoms with Gasteiger partial charge in [0, 0.05) is 74.3 Å². The predicted octanol–water partition coefficient (Wildman–Crippen LogP) is 3.34. The van der Waals surface area contributed by atoms with E-state index in [0.29, 0.717) is 35.0 Å². The van der Waals surface area contributed by atoms with Crippen molar-refractivity contribution in [2.75, 3.05) is 57.6 Å². The summed E-state index contributed by atoms with van der Waals surface area (Å²) < 4.78 is 6.38. The highest BCUT2D eigenvalue weighted by atomic mass is 127. The SMILES string of the molecule is Cc1ccc(NC(=O)c2ccc(CN3CC[N+](C)(COC(=O)N(C)Cc4ccccc4)CC3)cc2)cc1Nc1nccc(-c2cccnc2)n1.[I-]. The van der Waals surface area contributed by atoms with Gasteiger partial charge in [0.25, 0.3) is 5.91 Å². The lowest BCUT2D eigenvalue weighted by atomic mass is 10.1. The molecule has 1 fully saturated rings. The summed E-state index contributed by atoms with van der Waals surface area (Å²) in [6.45, 7) is 7.18. The first kappa shape index (κ1) is 37.3. The van der Waals surface area contributed by atoms with Crippen molar-refractivity contribution in [2.24, 2.45) is 0 Å². The van der Waals surface area contributed by atoms with Crippen LogP contribution in [0.15, 0.2) is 110 Å². The van der Waals surface area contributed by atoms with Crippen LogP contribution >= 0.6 is 0 Å². The maximum atomic E-state index is 13.2. The Kier molecular flexibility index (Phi) is 12.7. The number of halogens is 1. The number of amides is 2. The zero-order valence-electron chi connectivity index (χ0n) is 29.1. The Hall–Kier alpha value is -4.92. The molecule has 11 nitrogen and oxygen atoms in total. The van der Waals surface area contributed by atoms with E-state index in [-0.39, 0.29) is 36.0 Å². The summed E-state index contributed by atoms with van der Waals surface area (Å²) in [5.74, 6) is 0.271. The molecule has 5 aromatic rings. The minimum Gasteiger partial charge on any atom is -1.00 e. The number of nitrogens with zero attached hydrogens (tertiary/aromatic N) is 6. The molecule has 0 radical (unpaired) electrons.